The molecule has 2 heterocycles. The molecule has 1 saturated heterocycles. The normalized spacial score (nSPS) is 17.4. The van der Waals surface area contributed by atoms with E-state index in [0.29, 0.717) is 6.54 Å². The first-order chi connectivity index (χ1) is 12.1. The Kier molecular flexibility index (Phi) is 5.87. The summed E-state index contributed by atoms with van der Waals surface area (Å²) in [6, 6.07) is 12.6. The van der Waals surface area contributed by atoms with Crippen LogP contribution in [0.3, 0.4) is 0 Å². The molecule has 0 bridgehead atoms. The number of rotatable bonds is 6. The third kappa shape index (κ3) is 4.69. The summed E-state index contributed by atoms with van der Waals surface area (Å²) in [6.45, 7) is 4.54. The van der Waals surface area contributed by atoms with Crippen molar-refractivity contribution < 1.29 is 4.79 Å². The smallest absolute Gasteiger partial charge is 0.237 e. The van der Waals surface area contributed by atoms with Crippen LogP contribution in [0, 0.1) is 5.92 Å². The van der Waals surface area contributed by atoms with Crippen LogP contribution in [-0.2, 0) is 24.8 Å². The van der Waals surface area contributed by atoms with Crippen molar-refractivity contribution >= 4 is 5.91 Å². The van der Waals surface area contributed by atoms with Gasteiger partial charge in [-0.3, -0.25) is 14.4 Å². The monoisotopic (exact) mass is 340 g/mol. The Morgan fingerprint density at radius 3 is 2.60 bits per heavy atom. The minimum Gasteiger partial charge on any atom is -0.349 e. The zero-order chi connectivity index (χ0) is 17.6. The lowest BCUT2D eigenvalue weighted by atomic mass is 9.89. The van der Waals surface area contributed by atoms with Gasteiger partial charge in [-0.25, -0.2) is 0 Å². The van der Waals surface area contributed by atoms with Crippen LogP contribution in [-0.4, -0.2) is 39.7 Å². The zero-order valence-electron chi connectivity index (χ0n) is 15.2. The molecule has 0 aliphatic carbocycles. The fourth-order valence-electron chi connectivity index (χ4n) is 3.56. The minimum atomic E-state index is -0.0779. The fourth-order valence-corrected chi connectivity index (χ4v) is 3.56. The minimum absolute atomic E-state index is 0.0779. The van der Waals surface area contributed by atoms with Gasteiger partial charge in [-0.05, 0) is 56.8 Å². The number of nitrogens with one attached hydrogen (secondary N) is 1. The van der Waals surface area contributed by atoms with Gasteiger partial charge >= 0.3 is 0 Å². The van der Waals surface area contributed by atoms with Crippen LogP contribution in [0.1, 0.15) is 31.0 Å². The highest BCUT2D eigenvalue weighted by molar-refractivity contribution is 5.81. The summed E-state index contributed by atoms with van der Waals surface area (Å²) in [4.78, 5) is 14.7. The average molecular weight is 340 g/mol. The van der Waals surface area contributed by atoms with Crippen LogP contribution in [0.15, 0.2) is 42.6 Å². The van der Waals surface area contributed by atoms with Crippen molar-refractivity contribution in [3.05, 3.63) is 53.9 Å². The summed E-state index contributed by atoms with van der Waals surface area (Å²) in [7, 11) is 1.89. The predicted octanol–water partition coefficient (Wildman–Crippen LogP) is 2.38. The first-order valence-electron chi connectivity index (χ1n) is 9.16. The molecule has 2 aromatic rings. The van der Waals surface area contributed by atoms with Crippen LogP contribution >= 0.6 is 0 Å². The number of carbonyl (C=O) groups excluding carboxylic acids is 1. The lowest BCUT2D eigenvalue weighted by Crippen LogP contribution is -2.48. The molecule has 1 aliphatic rings. The van der Waals surface area contributed by atoms with Gasteiger partial charge in [0.05, 0.1) is 18.3 Å². The SMILES string of the molecule is C[C@@H](C(=O)NCc1ccnn1C)N1CCC(Cc2ccccc2)CC1. The molecule has 0 saturated carbocycles. The number of benzene rings is 1. The molecule has 0 unspecified atom stereocenters. The van der Waals surface area contributed by atoms with Crippen molar-refractivity contribution in [2.24, 2.45) is 13.0 Å². The van der Waals surface area contributed by atoms with Crippen molar-refractivity contribution in [2.75, 3.05) is 13.1 Å². The van der Waals surface area contributed by atoms with Gasteiger partial charge in [0.25, 0.3) is 0 Å². The van der Waals surface area contributed by atoms with Gasteiger partial charge in [0.15, 0.2) is 0 Å². The van der Waals surface area contributed by atoms with Gasteiger partial charge in [-0.15, -0.1) is 0 Å². The summed E-state index contributed by atoms with van der Waals surface area (Å²) >= 11 is 0. The number of likely N-dealkylation sites (tertiary alicyclic amines) is 1. The zero-order valence-corrected chi connectivity index (χ0v) is 15.2. The number of hydrogen-bond donors (Lipinski definition) is 1. The van der Waals surface area contributed by atoms with Crippen LogP contribution in [0.2, 0.25) is 0 Å². The van der Waals surface area contributed by atoms with E-state index in [1.807, 2.05) is 20.0 Å². The lowest BCUT2D eigenvalue weighted by Gasteiger charge is -2.35. The van der Waals surface area contributed by atoms with E-state index in [2.05, 4.69) is 45.6 Å². The Labute approximate surface area is 150 Å². The summed E-state index contributed by atoms with van der Waals surface area (Å²) in [6.07, 6.45) is 5.22. The van der Waals surface area contributed by atoms with E-state index in [-0.39, 0.29) is 11.9 Å². The average Bonchev–Trinajstić information content (AvgIpc) is 3.05. The molecule has 0 spiro atoms. The molecule has 3 rings (SSSR count). The number of piperidine rings is 1. The number of hydrogen-bond acceptors (Lipinski definition) is 3. The number of aromatic nitrogens is 2. The predicted molar refractivity (Wildman–Crippen MR) is 99.0 cm³/mol. The van der Waals surface area contributed by atoms with E-state index in [9.17, 15) is 4.79 Å². The van der Waals surface area contributed by atoms with E-state index in [4.69, 9.17) is 0 Å². The molecular weight excluding hydrogens is 312 g/mol. The number of nitrogens with zero attached hydrogens (tertiary/aromatic N) is 3. The fraction of sp³-hybridized carbons (Fsp3) is 0.500. The number of carbonyl (C=O) groups is 1. The molecule has 1 aromatic heterocycles. The molecule has 1 aliphatic heterocycles. The molecule has 0 radical (unpaired) electrons. The van der Waals surface area contributed by atoms with Gasteiger partial charge in [0.1, 0.15) is 0 Å². The molecule has 1 N–H and O–H groups in total. The second kappa shape index (κ2) is 8.30. The summed E-state index contributed by atoms with van der Waals surface area (Å²) < 4.78 is 1.79. The van der Waals surface area contributed by atoms with Crippen molar-refractivity contribution in [1.29, 1.82) is 0 Å². The van der Waals surface area contributed by atoms with Crippen LogP contribution < -0.4 is 5.32 Å². The molecule has 1 amide bonds. The van der Waals surface area contributed by atoms with Gasteiger partial charge in [0.2, 0.25) is 5.91 Å². The van der Waals surface area contributed by atoms with Gasteiger partial charge < -0.3 is 5.32 Å². The maximum atomic E-state index is 12.4. The van der Waals surface area contributed by atoms with E-state index in [1.165, 1.54) is 5.56 Å². The lowest BCUT2D eigenvalue weighted by molar-refractivity contribution is -0.126. The summed E-state index contributed by atoms with van der Waals surface area (Å²) in [5.74, 6) is 0.825. The molecule has 1 aromatic carbocycles. The number of aryl methyl sites for hydroxylation is 1. The molecule has 1 atom stereocenters. The Bertz CT molecular complexity index is 674. The van der Waals surface area contributed by atoms with Crippen LogP contribution in [0.5, 0.6) is 0 Å². The second-order valence-electron chi connectivity index (χ2n) is 7.01. The van der Waals surface area contributed by atoms with Crippen LogP contribution in [0.4, 0.5) is 0 Å². The maximum Gasteiger partial charge on any atom is 0.237 e. The summed E-state index contributed by atoms with van der Waals surface area (Å²) in [5, 5.41) is 7.16. The van der Waals surface area contributed by atoms with E-state index < -0.39 is 0 Å². The maximum absolute atomic E-state index is 12.4. The highest BCUT2D eigenvalue weighted by Gasteiger charge is 2.26. The van der Waals surface area contributed by atoms with Crippen LogP contribution in [0.25, 0.3) is 0 Å². The second-order valence-corrected chi connectivity index (χ2v) is 7.01. The molecule has 5 nitrogen and oxygen atoms in total. The van der Waals surface area contributed by atoms with Crippen molar-refractivity contribution in [3.8, 4) is 0 Å². The molecule has 25 heavy (non-hydrogen) atoms. The molecular formula is C20H28N4O. The quantitative estimate of drug-likeness (QED) is 0.878. The highest BCUT2D eigenvalue weighted by Crippen LogP contribution is 2.22. The Hall–Kier alpha value is -2.14. The largest absolute Gasteiger partial charge is 0.349 e. The molecule has 134 valence electrons. The number of amides is 1. The highest BCUT2D eigenvalue weighted by atomic mass is 16.2. The van der Waals surface area contributed by atoms with E-state index in [0.717, 1.165) is 44.0 Å². The van der Waals surface area contributed by atoms with Crippen molar-refractivity contribution in [2.45, 2.75) is 38.8 Å². The molecule has 5 heteroatoms. The topological polar surface area (TPSA) is 50.2 Å². The summed E-state index contributed by atoms with van der Waals surface area (Å²) in [5.41, 5.74) is 2.44. The van der Waals surface area contributed by atoms with E-state index >= 15 is 0 Å². The first kappa shape index (κ1) is 17.7. The van der Waals surface area contributed by atoms with Gasteiger partial charge in [0, 0.05) is 13.2 Å². The van der Waals surface area contributed by atoms with Crippen molar-refractivity contribution in [1.82, 2.24) is 20.0 Å². The Morgan fingerprint density at radius 1 is 1.24 bits per heavy atom. The first-order valence-corrected chi connectivity index (χ1v) is 9.16. The third-order valence-corrected chi connectivity index (χ3v) is 5.31. The Balaban J connectivity index is 1.43. The van der Waals surface area contributed by atoms with Crippen molar-refractivity contribution in [3.63, 3.8) is 0 Å². The Morgan fingerprint density at radius 2 is 1.96 bits per heavy atom. The van der Waals surface area contributed by atoms with Gasteiger partial charge in [-0.1, -0.05) is 30.3 Å². The standard InChI is InChI=1S/C20H28N4O/c1-16(20(25)21-15-19-8-11-22-23(19)2)24-12-9-18(10-13-24)14-17-6-4-3-5-7-17/h3-8,11,16,18H,9-10,12-15H2,1-2H3,(H,21,25)/t16-/m0/s1. The third-order valence-electron chi connectivity index (χ3n) is 5.31. The van der Waals surface area contributed by atoms with E-state index in [1.54, 1.807) is 10.9 Å². The van der Waals surface area contributed by atoms with Gasteiger partial charge in [-0.2, -0.15) is 5.10 Å². The molecule has 1 fully saturated rings.